The van der Waals surface area contributed by atoms with Gasteiger partial charge in [-0.1, -0.05) is 13.8 Å². The van der Waals surface area contributed by atoms with Crippen LogP contribution in [-0.2, 0) is 0 Å². The molecule has 1 atom stereocenters. The van der Waals surface area contributed by atoms with E-state index in [1.165, 1.54) is 6.33 Å². The minimum absolute atomic E-state index is 0.161. The van der Waals surface area contributed by atoms with Crippen LogP contribution in [0.4, 0.5) is 5.82 Å². The predicted molar refractivity (Wildman–Crippen MR) is 61.1 cm³/mol. The van der Waals surface area contributed by atoms with Crippen molar-refractivity contribution in [2.45, 2.75) is 33.8 Å². The van der Waals surface area contributed by atoms with Crippen LogP contribution in [-0.4, -0.2) is 22.6 Å². The van der Waals surface area contributed by atoms with Gasteiger partial charge < -0.3 is 10.1 Å². The molecule has 1 unspecified atom stereocenters. The summed E-state index contributed by atoms with van der Waals surface area (Å²) in [7, 11) is 0. The first-order valence-corrected chi connectivity index (χ1v) is 5.36. The van der Waals surface area contributed by atoms with Crippen LogP contribution < -0.4 is 10.1 Å². The summed E-state index contributed by atoms with van der Waals surface area (Å²) < 4.78 is 5.67. The van der Waals surface area contributed by atoms with Crippen molar-refractivity contribution in [2.75, 3.05) is 11.9 Å². The van der Waals surface area contributed by atoms with Crippen molar-refractivity contribution in [3.8, 4) is 5.88 Å². The van der Waals surface area contributed by atoms with Gasteiger partial charge in [0.15, 0.2) is 0 Å². The van der Waals surface area contributed by atoms with Crippen LogP contribution in [0.15, 0.2) is 12.4 Å². The van der Waals surface area contributed by atoms with Crippen LogP contribution in [0.25, 0.3) is 0 Å². The Hall–Kier alpha value is -1.32. The van der Waals surface area contributed by atoms with Gasteiger partial charge in [-0.05, 0) is 19.8 Å². The highest BCUT2D eigenvalue weighted by Gasteiger charge is 2.09. The van der Waals surface area contributed by atoms with Crippen LogP contribution >= 0.6 is 0 Å². The van der Waals surface area contributed by atoms with Crippen molar-refractivity contribution in [1.29, 1.82) is 0 Å². The fourth-order valence-corrected chi connectivity index (χ4v) is 1.01. The first-order chi connectivity index (χ1) is 7.13. The number of aromatic nitrogens is 2. The normalized spacial score (nSPS) is 12.6. The van der Waals surface area contributed by atoms with Crippen molar-refractivity contribution in [1.82, 2.24) is 9.97 Å². The van der Waals surface area contributed by atoms with Gasteiger partial charge in [0, 0.05) is 12.6 Å². The number of nitrogens with zero attached hydrogens (tertiary/aromatic N) is 2. The quantitative estimate of drug-likeness (QED) is 0.808. The van der Waals surface area contributed by atoms with Crippen molar-refractivity contribution < 1.29 is 4.74 Å². The lowest BCUT2D eigenvalue weighted by molar-refractivity contribution is 0.163. The second kappa shape index (κ2) is 5.53. The van der Waals surface area contributed by atoms with Gasteiger partial charge in [0.05, 0.1) is 6.10 Å². The summed E-state index contributed by atoms with van der Waals surface area (Å²) in [5, 5.41) is 3.12. The minimum atomic E-state index is 0.161. The maximum Gasteiger partial charge on any atom is 0.218 e. The summed E-state index contributed by atoms with van der Waals surface area (Å²) >= 11 is 0. The van der Waals surface area contributed by atoms with E-state index in [0.29, 0.717) is 11.8 Å². The Morgan fingerprint density at radius 3 is 2.67 bits per heavy atom. The Bertz CT molecular complexity index is 302. The zero-order chi connectivity index (χ0) is 11.3. The molecule has 1 aromatic heterocycles. The Balaban J connectivity index is 2.64. The number of ether oxygens (including phenoxy) is 1. The van der Waals surface area contributed by atoms with Gasteiger partial charge in [-0.3, -0.25) is 0 Å². The van der Waals surface area contributed by atoms with E-state index in [2.05, 4.69) is 29.1 Å². The molecule has 0 fully saturated rings. The third-order valence-electron chi connectivity index (χ3n) is 2.25. The van der Waals surface area contributed by atoms with E-state index >= 15 is 0 Å². The smallest absolute Gasteiger partial charge is 0.218 e. The molecule has 1 rings (SSSR count). The highest BCUT2D eigenvalue weighted by Crippen LogP contribution is 2.15. The monoisotopic (exact) mass is 209 g/mol. The lowest BCUT2D eigenvalue weighted by Gasteiger charge is -2.17. The minimum Gasteiger partial charge on any atom is -0.474 e. The number of hydrogen-bond acceptors (Lipinski definition) is 4. The number of nitrogens with one attached hydrogen (secondary N) is 1. The summed E-state index contributed by atoms with van der Waals surface area (Å²) in [4.78, 5) is 8.15. The molecule has 0 saturated carbocycles. The maximum atomic E-state index is 5.67. The molecular weight excluding hydrogens is 190 g/mol. The van der Waals surface area contributed by atoms with Crippen molar-refractivity contribution in [2.24, 2.45) is 5.92 Å². The highest BCUT2D eigenvalue weighted by molar-refractivity contribution is 5.36. The second-order valence-corrected chi connectivity index (χ2v) is 3.84. The Labute approximate surface area is 91.1 Å². The average molecular weight is 209 g/mol. The van der Waals surface area contributed by atoms with Gasteiger partial charge >= 0.3 is 0 Å². The number of rotatable bonds is 5. The van der Waals surface area contributed by atoms with Gasteiger partial charge in [-0.2, -0.15) is 0 Å². The molecule has 0 bridgehead atoms. The van der Waals surface area contributed by atoms with Crippen molar-refractivity contribution in [3.63, 3.8) is 0 Å². The molecule has 4 nitrogen and oxygen atoms in total. The largest absolute Gasteiger partial charge is 0.474 e. The molecule has 0 spiro atoms. The summed E-state index contributed by atoms with van der Waals surface area (Å²) in [5.41, 5.74) is 0. The fraction of sp³-hybridized carbons (Fsp3) is 0.636. The van der Waals surface area contributed by atoms with Gasteiger partial charge in [-0.25, -0.2) is 9.97 Å². The topological polar surface area (TPSA) is 47.0 Å². The van der Waals surface area contributed by atoms with E-state index in [1.807, 2.05) is 19.9 Å². The molecule has 0 saturated heterocycles. The van der Waals surface area contributed by atoms with E-state index < -0.39 is 0 Å². The molecular formula is C11H19N3O. The standard InChI is InChI=1S/C11H19N3O/c1-5-12-10-6-11(14-7-13-10)15-9(4)8(2)3/h6-9H,5H2,1-4H3,(H,12,13,14). The van der Waals surface area contributed by atoms with Crippen LogP contribution in [0.2, 0.25) is 0 Å². The molecule has 0 aliphatic carbocycles. The molecule has 1 heterocycles. The predicted octanol–water partition coefficient (Wildman–Crippen LogP) is 2.33. The number of hydrogen-bond donors (Lipinski definition) is 1. The Morgan fingerprint density at radius 1 is 1.33 bits per heavy atom. The zero-order valence-corrected chi connectivity index (χ0v) is 9.82. The molecule has 0 radical (unpaired) electrons. The summed E-state index contributed by atoms with van der Waals surface area (Å²) in [6.45, 7) is 9.16. The highest BCUT2D eigenvalue weighted by atomic mass is 16.5. The summed E-state index contributed by atoms with van der Waals surface area (Å²) in [6, 6.07) is 1.82. The lowest BCUT2D eigenvalue weighted by Crippen LogP contribution is -2.19. The number of anilines is 1. The molecule has 0 aromatic carbocycles. The molecule has 0 aliphatic heterocycles. The molecule has 4 heteroatoms. The third kappa shape index (κ3) is 3.73. The van der Waals surface area contributed by atoms with E-state index in [0.717, 1.165) is 12.4 Å². The van der Waals surface area contributed by atoms with E-state index in [1.54, 1.807) is 0 Å². The van der Waals surface area contributed by atoms with E-state index in [9.17, 15) is 0 Å². The van der Waals surface area contributed by atoms with Gasteiger partial charge in [0.1, 0.15) is 12.1 Å². The average Bonchev–Trinajstić information content (AvgIpc) is 2.18. The molecule has 1 N–H and O–H groups in total. The lowest BCUT2D eigenvalue weighted by atomic mass is 10.1. The summed E-state index contributed by atoms with van der Waals surface area (Å²) in [6.07, 6.45) is 1.68. The van der Waals surface area contributed by atoms with Crippen molar-refractivity contribution >= 4 is 5.82 Å². The summed E-state index contributed by atoms with van der Waals surface area (Å²) in [5.74, 6) is 1.91. The van der Waals surface area contributed by atoms with Crippen LogP contribution in [0.5, 0.6) is 5.88 Å². The van der Waals surface area contributed by atoms with Crippen LogP contribution in [0, 0.1) is 5.92 Å². The Morgan fingerprint density at radius 2 is 2.07 bits per heavy atom. The van der Waals surface area contributed by atoms with Crippen molar-refractivity contribution in [3.05, 3.63) is 12.4 Å². The SMILES string of the molecule is CCNc1cc(OC(C)C(C)C)ncn1. The molecule has 15 heavy (non-hydrogen) atoms. The van der Waals surface area contributed by atoms with E-state index in [-0.39, 0.29) is 6.10 Å². The van der Waals surface area contributed by atoms with Gasteiger partial charge in [0.2, 0.25) is 5.88 Å². The first kappa shape index (κ1) is 11.8. The van der Waals surface area contributed by atoms with Gasteiger partial charge in [0.25, 0.3) is 0 Å². The van der Waals surface area contributed by atoms with Crippen LogP contribution in [0.3, 0.4) is 0 Å². The van der Waals surface area contributed by atoms with Crippen LogP contribution in [0.1, 0.15) is 27.7 Å². The molecule has 0 aliphatic rings. The zero-order valence-electron chi connectivity index (χ0n) is 9.82. The van der Waals surface area contributed by atoms with E-state index in [4.69, 9.17) is 4.74 Å². The fourth-order valence-electron chi connectivity index (χ4n) is 1.01. The molecule has 84 valence electrons. The van der Waals surface area contributed by atoms with Gasteiger partial charge in [-0.15, -0.1) is 0 Å². The second-order valence-electron chi connectivity index (χ2n) is 3.84. The molecule has 0 amide bonds. The Kier molecular flexibility index (Phi) is 4.34. The maximum absolute atomic E-state index is 5.67. The third-order valence-corrected chi connectivity index (χ3v) is 2.25. The molecule has 1 aromatic rings. The first-order valence-electron chi connectivity index (χ1n) is 5.36.